The molecule has 2 rings (SSSR count). The molecule has 4 nitrogen and oxygen atoms in total. The van der Waals surface area contributed by atoms with Gasteiger partial charge in [-0.1, -0.05) is 44.2 Å². The Kier molecular flexibility index (Phi) is 6.00. The second-order valence-electron chi connectivity index (χ2n) is 5.00. The van der Waals surface area contributed by atoms with Crippen LogP contribution in [0.4, 0.5) is 11.6 Å². The molecule has 2 aromatic rings. The van der Waals surface area contributed by atoms with E-state index < -0.39 is 0 Å². The standard InChI is InChI=1S/C17H24N4/c1-3-11-18-16-13-17(21-15(4-2)20-16)19-12-10-14-8-6-5-7-9-14/h5-9,13H,3-4,10-12H2,1-2H3,(H2,18,19,20,21). The Bertz CT molecular complexity index is 540. The van der Waals surface area contributed by atoms with Crippen molar-refractivity contribution in [3.63, 3.8) is 0 Å². The molecule has 1 heterocycles. The third-order valence-electron chi connectivity index (χ3n) is 3.21. The van der Waals surface area contributed by atoms with Crippen molar-refractivity contribution in [2.75, 3.05) is 23.7 Å². The van der Waals surface area contributed by atoms with Crippen LogP contribution in [0.15, 0.2) is 36.4 Å². The van der Waals surface area contributed by atoms with Crippen molar-refractivity contribution in [3.05, 3.63) is 47.8 Å². The van der Waals surface area contributed by atoms with Gasteiger partial charge in [0, 0.05) is 25.6 Å². The summed E-state index contributed by atoms with van der Waals surface area (Å²) in [5.74, 6) is 2.68. The molecule has 0 aliphatic rings. The number of hydrogen-bond acceptors (Lipinski definition) is 4. The first-order chi connectivity index (χ1) is 10.3. The van der Waals surface area contributed by atoms with E-state index in [4.69, 9.17) is 0 Å². The van der Waals surface area contributed by atoms with Crippen LogP contribution in [0.25, 0.3) is 0 Å². The molecule has 0 bridgehead atoms. The van der Waals surface area contributed by atoms with Crippen LogP contribution in [0.5, 0.6) is 0 Å². The average Bonchev–Trinajstić information content (AvgIpc) is 2.53. The fourth-order valence-electron chi connectivity index (χ4n) is 2.07. The van der Waals surface area contributed by atoms with Crippen LogP contribution in [0.3, 0.4) is 0 Å². The summed E-state index contributed by atoms with van der Waals surface area (Å²) in [4.78, 5) is 9.02. The molecule has 0 fully saturated rings. The monoisotopic (exact) mass is 284 g/mol. The fraction of sp³-hybridized carbons (Fsp3) is 0.412. The zero-order valence-electron chi connectivity index (χ0n) is 12.9. The Hall–Kier alpha value is -2.10. The third kappa shape index (κ3) is 5.06. The fourth-order valence-corrected chi connectivity index (χ4v) is 2.07. The number of rotatable bonds is 8. The molecule has 0 radical (unpaired) electrons. The smallest absolute Gasteiger partial charge is 0.132 e. The third-order valence-corrected chi connectivity index (χ3v) is 3.21. The highest BCUT2D eigenvalue weighted by molar-refractivity contribution is 5.47. The van der Waals surface area contributed by atoms with E-state index in [0.717, 1.165) is 49.8 Å². The Morgan fingerprint density at radius 3 is 2.19 bits per heavy atom. The second-order valence-corrected chi connectivity index (χ2v) is 5.00. The van der Waals surface area contributed by atoms with E-state index in [1.807, 2.05) is 12.1 Å². The first-order valence-corrected chi connectivity index (χ1v) is 7.71. The number of hydrogen-bond donors (Lipinski definition) is 2. The first-order valence-electron chi connectivity index (χ1n) is 7.71. The first kappa shape index (κ1) is 15.3. The molecule has 0 amide bonds. The Labute approximate surface area is 127 Å². The molecule has 0 saturated heterocycles. The van der Waals surface area contributed by atoms with E-state index in [0.29, 0.717) is 0 Å². The maximum Gasteiger partial charge on any atom is 0.132 e. The zero-order chi connectivity index (χ0) is 14.9. The number of aromatic nitrogens is 2. The minimum absolute atomic E-state index is 0.842. The average molecular weight is 284 g/mol. The van der Waals surface area contributed by atoms with Gasteiger partial charge in [0.15, 0.2) is 0 Å². The van der Waals surface area contributed by atoms with Gasteiger partial charge in [-0.2, -0.15) is 0 Å². The van der Waals surface area contributed by atoms with Gasteiger partial charge in [0.25, 0.3) is 0 Å². The van der Waals surface area contributed by atoms with Crippen molar-refractivity contribution in [3.8, 4) is 0 Å². The summed E-state index contributed by atoms with van der Waals surface area (Å²) in [6, 6.07) is 12.5. The molecule has 0 unspecified atom stereocenters. The summed E-state index contributed by atoms with van der Waals surface area (Å²) in [5, 5.41) is 6.72. The molecule has 0 spiro atoms. The van der Waals surface area contributed by atoms with Crippen LogP contribution in [0.2, 0.25) is 0 Å². The predicted molar refractivity (Wildman–Crippen MR) is 88.8 cm³/mol. The van der Waals surface area contributed by atoms with Crippen molar-refractivity contribution in [2.24, 2.45) is 0 Å². The molecule has 0 atom stereocenters. The maximum absolute atomic E-state index is 4.53. The molecule has 2 N–H and O–H groups in total. The number of nitrogens with one attached hydrogen (secondary N) is 2. The lowest BCUT2D eigenvalue weighted by atomic mass is 10.1. The highest BCUT2D eigenvalue weighted by atomic mass is 15.1. The lowest BCUT2D eigenvalue weighted by Crippen LogP contribution is -2.10. The van der Waals surface area contributed by atoms with Gasteiger partial charge in [0.1, 0.15) is 17.5 Å². The molecule has 21 heavy (non-hydrogen) atoms. The van der Waals surface area contributed by atoms with Gasteiger partial charge in [-0.3, -0.25) is 0 Å². The number of nitrogens with zero attached hydrogens (tertiary/aromatic N) is 2. The van der Waals surface area contributed by atoms with Crippen molar-refractivity contribution in [1.29, 1.82) is 0 Å². The molecular formula is C17H24N4. The minimum atomic E-state index is 0.842. The lowest BCUT2D eigenvalue weighted by Gasteiger charge is -2.10. The van der Waals surface area contributed by atoms with Crippen LogP contribution < -0.4 is 10.6 Å². The van der Waals surface area contributed by atoms with E-state index in [1.54, 1.807) is 0 Å². The molecular weight excluding hydrogens is 260 g/mol. The zero-order valence-corrected chi connectivity index (χ0v) is 12.9. The molecule has 0 saturated carbocycles. The molecule has 112 valence electrons. The van der Waals surface area contributed by atoms with Crippen LogP contribution in [-0.2, 0) is 12.8 Å². The Morgan fingerprint density at radius 1 is 0.905 bits per heavy atom. The summed E-state index contributed by atoms with van der Waals surface area (Å²) in [7, 11) is 0. The van der Waals surface area contributed by atoms with Gasteiger partial charge in [0.2, 0.25) is 0 Å². The summed E-state index contributed by atoms with van der Waals surface area (Å²) in [6.45, 7) is 6.03. The van der Waals surface area contributed by atoms with Gasteiger partial charge >= 0.3 is 0 Å². The summed E-state index contributed by atoms with van der Waals surface area (Å²) in [6.07, 6.45) is 2.92. The summed E-state index contributed by atoms with van der Waals surface area (Å²) in [5.41, 5.74) is 1.33. The van der Waals surface area contributed by atoms with Crippen LogP contribution in [0.1, 0.15) is 31.7 Å². The molecule has 0 aliphatic heterocycles. The van der Waals surface area contributed by atoms with E-state index in [-0.39, 0.29) is 0 Å². The van der Waals surface area contributed by atoms with Crippen LogP contribution >= 0.6 is 0 Å². The van der Waals surface area contributed by atoms with Gasteiger partial charge < -0.3 is 10.6 Å². The molecule has 4 heteroatoms. The Balaban J connectivity index is 1.95. The topological polar surface area (TPSA) is 49.8 Å². The number of benzene rings is 1. The van der Waals surface area contributed by atoms with Crippen LogP contribution in [-0.4, -0.2) is 23.1 Å². The van der Waals surface area contributed by atoms with E-state index in [1.165, 1.54) is 5.56 Å². The largest absolute Gasteiger partial charge is 0.370 e. The molecule has 1 aromatic carbocycles. The highest BCUT2D eigenvalue weighted by Crippen LogP contribution is 2.12. The Morgan fingerprint density at radius 2 is 1.57 bits per heavy atom. The summed E-state index contributed by atoms with van der Waals surface area (Å²) < 4.78 is 0. The quantitative estimate of drug-likeness (QED) is 0.779. The SMILES string of the molecule is CCCNc1cc(NCCc2ccccc2)nc(CC)n1. The van der Waals surface area contributed by atoms with E-state index >= 15 is 0 Å². The lowest BCUT2D eigenvalue weighted by molar-refractivity contribution is 0.909. The van der Waals surface area contributed by atoms with Gasteiger partial charge in [-0.25, -0.2) is 9.97 Å². The highest BCUT2D eigenvalue weighted by Gasteiger charge is 2.03. The van der Waals surface area contributed by atoms with Crippen molar-refractivity contribution < 1.29 is 0 Å². The van der Waals surface area contributed by atoms with Gasteiger partial charge in [-0.05, 0) is 18.4 Å². The van der Waals surface area contributed by atoms with Gasteiger partial charge in [0.05, 0.1) is 0 Å². The van der Waals surface area contributed by atoms with Crippen molar-refractivity contribution in [2.45, 2.75) is 33.1 Å². The van der Waals surface area contributed by atoms with Crippen molar-refractivity contribution in [1.82, 2.24) is 9.97 Å². The summed E-state index contributed by atoms with van der Waals surface area (Å²) >= 11 is 0. The molecule has 0 aliphatic carbocycles. The van der Waals surface area contributed by atoms with Crippen molar-refractivity contribution >= 4 is 11.6 Å². The van der Waals surface area contributed by atoms with Gasteiger partial charge in [-0.15, -0.1) is 0 Å². The van der Waals surface area contributed by atoms with Crippen LogP contribution in [0, 0.1) is 0 Å². The molecule has 1 aromatic heterocycles. The number of aryl methyl sites for hydroxylation is 1. The van der Waals surface area contributed by atoms with E-state index in [2.05, 4.69) is 58.7 Å². The maximum atomic E-state index is 4.53. The predicted octanol–water partition coefficient (Wildman–Crippen LogP) is 3.52. The second kappa shape index (κ2) is 8.25. The van der Waals surface area contributed by atoms with E-state index in [9.17, 15) is 0 Å². The normalized spacial score (nSPS) is 10.4. The number of anilines is 2. The minimum Gasteiger partial charge on any atom is -0.370 e.